The molecule has 1 aromatic heterocycles. The van der Waals surface area contributed by atoms with Crippen molar-refractivity contribution in [3.05, 3.63) is 47.2 Å². The van der Waals surface area contributed by atoms with Gasteiger partial charge in [0.25, 0.3) is 5.91 Å². The standard InChI is InChI=1S/C18H24N4O2S/c1-13-10-16(22(2)3)21-18(20-13)25-12-14-6-5-7-15(11-14)17(23)19-8-9-24-4/h5-7,10-11H,8-9,12H2,1-4H3,(H,19,23). The zero-order valence-corrected chi connectivity index (χ0v) is 15.9. The Balaban J connectivity index is 2.02. The number of methoxy groups -OCH3 is 1. The highest BCUT2D eigenvalue weighted by Gasteiger charge is 2.08. The van der Waals surface area contributed by atoms with Gasteiger partial charge in [-0.1, -0.05) is 23.9 Å². The molecule has 2 rings (SSSR count). The number of benzene rings is 1. The molecule has 7 heteroatoms. The number of hydrogen-bond donors (Lipinski definition) is 1. The molecule has 0 spiro atoms. The van der Waals surface area contributed by atoms with Crippen LogP contribution in [0.15, 0.2) is 35.5 Å². The lowest BCUT2D eigenvalue weighted by atomic mass is 10.1. The van der Waals surface area contributed by atoms with Crippen LogP contribution in [-0.2, 0) is 10.5 Å². The normalized spacial score (nSPS) is 10.6. The van der Waals surface area contributed by atoms with Crippen LogP contribution < -0.4 is 10.2 Å². The molecule has 1 amide bonds. The predicted octanol–water partition coefficient (Wildman–Crippen LogP) is 2.52. The summed E-state index contributed by atoms with van der Waals surface area (Å²) in [6, 6.07) is 9.56. The summed E-state index contributed by atoms with van der Waals surface area (Å²) >= 11 is 1.56. The Kier molecular flexibility index (Phi) is 7.21. The number of carbonyl (C=O) groups excluding carboxylic acids is 1. The molecule has 0 aliphatic heterocycles. The van der Waals surface area contributed by atoms with Crippen LogP contribution in [0.5, 0.6) is 0 Å². The number of amides is 1. The monoisotopic (exact) mass is 360 g/mol. The molecule has 134 valence electrons. The minimum atomic E-state index is -0.0920. The van der Waals surface area contributed by atoms with Gasteiger partial charge in [-0.3, -0.25) is 4.79 Å². The molecule has 1 heterocycles. The van der Waals surface area contributed by atoms with Crippen molar-refractivity contribution < 1.29 is 9.53 Å². The van der Waals surface area contributed by atoms with E-state index in [1.165, 1.54) is 0 Å². The third-order valence-electron chi connectivity index (χ3n) is 3.43. The van der Waals surface area contributed by atoms with Gasteiger partial charge in [0.1, 0.15) is 5.82 Å². The molecular weight excluding hydrogens is 336 g/mol. The summed E-state index contributed by atoms with van der Waals surface area (Å²) in [6.45, 7) is 2.96. The van der Waals surface area contributed by atoms with E-state index in [0.29, 0.717) is 24.5 Å². The Labute approximate surface area is 153 Å². The van der Waals surface area contributed by atoms with Crippen molar-refractivity contribution in [2.24, 2.45) is 0 Å². The Morgan fingerprint density at radius 1 is 1.28 bits per heavy atom. The van der Waals surface area contributed by atoms with Crippen molar-refractivity contribution in [2.75, 3.05) is 39.3 Å². The predicted molar refractivity (Wildman–Crippen MR) is 101 cm³/mol. The summed E-state index contributed by atoms with van der Waals surface area (Å²) in [5.74, 6) is 1.50. The molecule has 0 atom stereocenters. The summed E-state index contributed by atoms with van der Waals surface area (Å²) < 4.78 is 4.94. The number of carbonyl (C=O) groups is 1. The fourth-order valence-corrected chi connectivity index (χ4v) is 2.98. The number of nitrogens with one attached hydrogen (secondary N) is 1. The van der Waals surface area contributed by atoms with Crippen molar-refractivity contribution in [3.63, 3.8) is 0 Å². The van der Waals surface area contributed by atoms with Gasteiger partial charge in [0.2, 0.25) is 0 Å². The zero-order chi connectivity index (χ0) is 18.2. The molecule has 1 aromatic carbocycles. The number of ether oxygens (including phenoxy) is 1. The van der Waals surface area contributed by atoms with E-state index < -0.39 is 0 Å². The van der Waals surface area contributed by atoms with Gasteiger partial charge in [-0.25, -0.2) is 9.97 Å². The Hall–Kier alpha value is -2.12. The molecule has 0 aliphatic rings. The average molecular weight is 360 g/mol. The van der Waals surface area contributed by atoms with E-state index in [9.17, 15) is 4.79 Å². The lowest BCUT2D eigenvalue weighted by Crippen LogP contribution is -2.26. The van der Waals surface area contributed by atoms with Gasteiger partial charge < -0.3 is 15.0 Å². The summed E-state index contributed by atoms with van der Waals surface area (Å²) in [6.07, 6.45) is 0. The van der Waals surface area contributed by atoms with E-state index in [1.807, 2.05) is 56.3 Å². The Morgan fingerprint density at radius 2 is 2.08 bits per heavy atom. The highest BCUT2D eigenvalue weighted by atomic mass is 32.2. The number of rotatable bonds is 8. The first-order valence-corrected chi connectivity index (χ1v) is 9.00. The van der Waals surface area contributed by atoms with Crippen LogP contribution in [0.4, 0.5) is 5.82 Å². The summed E-state index contributed by atoms with van der Waals surface area (Å²) in [5.41, 5.74) is 2.64. The van der Waals surface area contributed by atoms with Crippen LogP contribution in [0.1, 0.15) is 21.6 Å². The number of thioether (sulfide) groups is 1. The molecule has 0 radical (unpaired) electrons. The van der Waals surface area contributed by atoms with Crippen molar-refractivity contribution in [1.82, 2.24) is 15.3 Å². The van der Waals surface area contributed by atoms with E-state index in [4.69, 9.17) is 4.74 Å². The molecule has 0 saturated heterocycles. The quantitative estimate of drug-likeness (QED) is 0.443. The highest BCUT2D eigenvalue weighted by Crippen LogP contribution is 2.22. The third-order valence-corrected chi connectivity index (χ3v) is 4.35. The lowest BCUT2D eigenvalue weighted by molar-refractivity contribution is 0.0937. The molecule has 2 aromatic rings. The van der Waals surface area contributed by atoms with Crippen molar-refractivity contribution >= 4 is 23.5 Å². The first-order chi connectivity index (χ1) is 12.0. The molecule has 6 nitrogen and oxygen atoms in total. The smallest absolute Gasteiger partial charge is 0.251 e. The maximum Gasteiger partial charge on any atom is 0.251 e. The molecule has 0 fully saturated rings. The van der Waals surface area contributed by atoms with Crippen LogP contribution in [0.3, 0.4) is 0 Å². The molecule has 25 heavy (non-hydrogen) atoms. The van der Waals surface area contributed by atoms with E-state index in [-0.39, 0.29) is 5.91 Å². The van der Waals surface area contributed by atoms with Crippen LogP contribution in [0.2, 0.25) is 0 Å². The van der Waals surface area contributed by atoms with E-state index in [2.05, 4.69) is 15.3 Å². The van der Waals surface area contributed by atoms with Gasteiger partial charge in [0.05, 0.1) is 6.61 Å². The third kappa shape index (κ3) is 6.03. The average Bonchev–Trinajstić information content (AvgIpc) is 2.60. The summed E-state index contributed by atoms with van der Waals surface area (Å²) in [4.78, 5) is 23.1. The second-order valence-electron chi connectivity index (χ2n) is 5.78. The fraction of sp³-hybridized carbons (Fsp3) is 0.389. The van der Waals surface area contributed by atoms with Crippen molar-refractivity contribution in [2.45, 2.75) is 17.8 Å². The fourth-order valence-electron chi connectivity index (χ4n) is 2.14. The molecular formula is C18H24N4O2S. The minimum Gasteiger partial charge on any atom is -0.383 e. The Bertz CT molecular complexity index is 722. The van der Waals surface area contributed by atoms with Gasteiger partial charge in [-0.05, 0) is 24.6 Å². The van der Waals surface area contributed by atoms with Gasteiger partial charge in [0.15, 0.2) is 5.16 Å². The SMILES string of the molecule is COCCNC(=O)c1cccc(CSc2nc(C)cc(N(C)C)n2)c1. The maximum atomic E-state index is 12.1. The Morgan fingerprint density at radius 3 is 2.80 bits per heavy atom. The molecule has 1 N–H and O–H groups in total. The van der Waals surface area contributed by atoms with Crippen LogP contribution in [-0.4, -0.2) is 50.2 Å². The van der Waals surface area contributed by atoms with Crippen LogP contribution in [0, 0.1) is 6.92 Å². The van der Waals surface area contributed by atoms with Gasteiger partial charge in [-0.2, -0.15) is 0 Å². The van der Waals surface area contributed by atoms with Crippen LogP contribution in [0.25, 0.3) is 0 Å². The minimum absolute atomic E-state index is 0.0920. The highest BCUT2D eigenvalue weighted by molar-refractivity contribution is 7.98. The van der Waals surface area contributed by atoms with Crippen molar-refractivity contribution in [1.29, 1.82) is 0 Å². The number of aryl methyl sites for hydroxylation is 1. The summed E-state index contributed by atoms with van der Waals surface area (Å²) in [7, 11) is 5.53. The largest absolute Gasteiger partial charge is 0.383 e. The topological polar surface area (TPSA) is 67.3 Å². The number of aromatic nitrogens is 2. The molecule has 0 saturated carbocycles. The molecule has 0 aliphatic carbocycles. The van der Waals surface area contributed by atoms with Gasteiger partial charge >= 0.3 is 0 Å². The first-order valence-electron chi connectivity index (χ1n) is 8.01. The van der Waals surface area contributed by atoms with Gasteiger partial charge in [-0.15, -0.1) is 0 Å². The van der Waals surface area contributed by atoms with E-state index in [1.54, 1.807) is 18.9 Å². The second-order valence-corrected chi connectivity index (χ2v) is 6.72. The number of hydrogen-bond acceptors (Lipinski definition) is 6. The summed E-state index contributed by atoms with van der Waals surface area (Å²) in [5, 5.41) is 3.56. The van der Waals surface area contributed by atoms with E-state index >= 15 is 0 Å². The zero-order valence-electron chi connectivity index (χ0n) is 15.1. The van der Waals surface area contributed by atoms with Crippen LogP contribution >= 0.6 is 11.8 Å². The van der Waals surface area contributed by atoms with E-state index in [0.717, 1.165) is 22.2 Å². The maximum absolute atomic E-state index is 12.1. The first kappa shape index (κ1) is 19.2. The number of nitrogens with zero attached hydrogens (tertiary/aromatic N) is 3. The molecule has 0 unspecified atom stereocenters. The lowest BCUT2D eigenvalue weighted by Gasteiger charge is -2.13. The number of anilines is 1. The second kappa shape index (κ2) is 9.39. The van der Waals surface area contributed by atoms with Crippen molar-refractivity contribution in [3.8, 4) is 0 Å². The van der Waals surface area contributed by atoms with Gasteiger partial charge in [0, 0.05) is 50.8 Å². The molecule has 0 bridgehead atoms.